The van der Waals surface area contributed by atoms with Crippen molar-refractivity contribution in [2.75, 3.05) is 30.9 Å². The molecule has 0 aromatic heterocycles. The van der Waals surface area contributed by atoms with Crippen LogP contribution in [0.15, 0.2) is 76.5 Å². The summed E-state index contributed by atoms with van der Waals surface area (Å²) in [6.45, 7) is 4.06. The topological polar surface area (TPSA) is 93.7 Å². The van der Waals surface area contributed by atoms with Gasteiger partial charge in [0.1, 0.15) is 16.4 Å². The van der Waals surface area contributed by atoms with Crippen molar-refractivity contribution in [3.8, 4) is 11.5 Å². The van der Waals surface area contributed by atoms with Gasteiger partial charge in [-0.05, 0) is 50.2 Å². The molecule has 0 aliphatic carbocycles. The summed E-state index contributed by atoms with van der Waals surface area (Å²) in [5, 5.41) is 5.72. The van der Waals surface area contributed by atoms with E-state index in [0.29, 0.717) is 18.0 Å². The number of hydrogen-bond donors (Lipinski definition) is 2. The number of hydrogen-bond acceptors (Lipinski definition) is 6. The second-order valence-corrected chi connectivity index (χ2v) is 8.87. The third-order valence-corrected chi connectivity index (χ3v) is 6.55. The van der Waals surface area contributed by atoms with E-state index in [2.05, 4.69) is 10.6 Å². The molecular formula is C24H26N2O5S. The van der Waals surface area contributed by atoms with E-state index in [1.165, 1.54) is 7.11 Å². The number of amides is 1. The Morgan fingerprint density at radius 1 is 0.906 bits per heavy atom. The second kappa shape index (κ2) is 10.2. The van der Waals surface area contributed by atoms with Gasteiger partial charge in [0, 0.05) is 0 Å². The Kier molecular flexibility index (Phi) is 7.37. The van der Waals surface area contributed by atoms with E-state index in [1.54, 1.807) is 60.7 Å². The molecule has 7 nitrogen and oxygen atoms in total. The first-order valence-electron chi connectivity index (χ1n) is 10.1. The van der Waals surface area contributed by atoms with Crippen molar-refractivity contribution in [1.29, 1.82) is 0 Å². The number of sulfone groups is 1. The first-order chi connectivity index (χ1) is 15.4. The lowest BCUT2D eigenvalue weighted by Crippen LogP contribution is -2.23. The zero-order valence-electron chi connectivity index (χ0n) is 18.2. The molecule has 0 saturated heterocycles. The number of ether oxygens (including phenoxy) is 2. The molecular weight excluding hydrogens is 428 g/mol. The highest BCUT2D eigenvalue weighted by atomic mass is 32.2. The first-order valence-corrected chi connectivity index (χ1v) is 11.6. The first kappa shape index (κ1) is 23.1. The number of benzene rings is 3. The summed E-state index contributed by atoms with van der Waals surface area (Å²) in [4.78, 5) is 12.7. The largest absolute Gasteiger partial charge is 0.495 e. The number of para-hydroxylation sites is 2. The smallest absolute Gasteiger partial charge is 0.243 e. The fourth-order valence-electron chi connectivity index (χ4n) is 3.15. The summed E-state index contributed by atoms with van der Waals surface area (Å²) in [6.07, 6.45) is 0. The van der Waals surface area contributed by atoms with Crippen LogP contribution in [0.2, 0.25) is 0 Å². The maximum Gasteiger partial charge on any atom is 0.243 e. The molecule has 0 radical (unpaired) electrons. The Bertz CT molecular complexity index is 1190. The zero-order valence-corrected chi connectivity index (χ0v) is 19.0. The summed E-state index contributed by atoms with van der Waals surface area (Å²) in [5.74, 6) is 0.406. The lowest BCUT2D eigenvalue weighted by atomic mass is 10.2. The van der Waals surface area contributed by atoms with Crippen molar-refractivity contribution >= 4 is 27.1 Å². The number of carbonyl (C=O) groups is 1. The Morgan fingerprint density at radius 3 is 2.25 bits per heavy atom. The molecule has 8 heteroatoms. The molecule has 0 unspecified atom stereocenters. The average molecular weight is 455 g/mol. The van der Waals surface area contributed by atoms with E-state index in [-0.39, 0.29) is 33.7 Å². The van der Waals surface area contributed by atoms with Crippen molar-refractivity contribution in [3.63, 3.8) is 0 Å². The van der Waals surface area contributed by atoms with Crippen LogP contribution >= 0.6 is 0 Å². The molecule has 168 valence electrons. The molecule has 3 rings (SSSR count). The van der Waals surface area contributed by atoms with Crippen LogP contribution in [-0.2, 0) is 14.6 Å². The van der Waals surface area contributed by atoms with Gasteiger partial charge in [0.2, 0.25) is 15.7 Å². The number of aryl methyl sites for hydroxylation is 1. The maximum absolute atomic E-state index is 13.4. The minimum absolute atomic E-state index is 0.0196. The van der Waals surface area contributed by atoms with Gasteiger partial charge in [0.15, 0.2) is 0 Å². The van der Waals surface area contributed by atoms with Crippen LogP contribution in [-0.4, -0.2) is 34.6 Å². The highest BCUT2D eigenvalue weighted by molar-refractivity contribution is 7.91. The van der Waals surface area contributed by atoms with Crippen molar-refractivity contribution < 1.29 is 22.7 Å². The lowest BCUT2D eigenvalue weighted by molar-refractivity contribution is -0.114. The highest BCUT2D eigenvalue weighted by Gasteiger charge is 2.26. The van der Waals surface area contributed by atoms with Gasteiger partial charge >= 0.3 is 0 Å². The molecule has 0 aliphatic heterocycles. The molecule has 0 saturated carbocycles. The summed E-state index contributed by atoms with van der Waals surface area (Å²) >= 11 is 0. The lowest BCUT2D eigenvalue weighted by Gasteiger charge is -2.16. The third kappa shape index (κ3) is 5.20. The van der Waals surface area contributed by atoms with E-state index in [9.17, 15) is 13.2 Å². The summed E-state index contributed by atoms with van der Waals surface area (Å²) in [6, 6.07) is 18.5. The van der Waals surface area contributed by atoms with Crippen LogP contribution in [0.25, 0.3) is 0 Å². The number of carbonyl (C=O) groups excluding carboxylic acids is 1. The Hall–Kier alpha value is -3.52. The quantitative estimate of drug-likeness (QED) is 0.501. The van der Waals surface area contributed by atoms with Gasteiger partial charge < -0.3 is 20.1 Å². The molecule has 0 fully saturated rings. The van der Waals surface area contributed by atoms with E-state index in [0.717, 1.165) is 5.56 Å². The van der Waals surface area contributed by atoms with Crippen LogP contribution in [0.1, 0.15) is 12.5 Å². The molecule has 3 aromatic rings. The zero-order chi connectivity index (χ0) is 23.1. The number of methoxy groups -OCH3 is 1. The summed E-state index contributed by atoms with van der Waals surface area (Å²) in [7, 11) is -2.48. The predicted octanol–water partition coefficient (Wildman–Crippen LogP) is 4.29. The predicted molar refractivity (Wildman–Crippen MR) is 124 cm³/mol. The van der Waals surface area contributed by atoms with Crippen molar-refractivity contribution in [2.24, 2.45) is 0 Å². The van der Waals surface area contributed by atoms with Gasteiger partial charge in [-0.2, -0.15) is 0 Å². The van der Waals surface area contributed by atoms with Crippen molar-refractivity contribution in [1.82, 2.24) is 0 Å². The van der Waals surface area contributed by atoms with Crippen molar-refractivity contribution in [3.05, 3.63) is 72.3 Å². The van der Waals surface area contributed by atoms with E-state index >= 15 is 0 Å². The fourth-order valence-corrected chi connectivity index (χ4v) is 4.73. The number of anilines is 2. The van der Waals surface area contributed by atoms with Crippen LogP contribution in [0.5, 0.6) is 11.5 Å². The van der Waals surface area contributed by atoms with Gasteiger partial charge in [-0.15, -0.1) is 0 Å². The number of nitrogens with one attached hydrogen (secondary N) is 2. The van der Waals surface area contributed by atoms with Gasteiger partial charge in [0.05, 0.1) is 36.5 Å². The summed E-state index contributed by atoms with van der Waals surface area (Å²) < 4.78 is 37.6. The summed E-state index contributed by atoms with van der Waals surface area (Å²) in [5.41, 5.74) is 1.77. The van der Waals surface area contributed by atoms with Crippen LogP contribution in [0.4, 0.5) is 11.4 Å². The van der Waals surface area contributed by atoms with Crippen LogP contribution < -0.4 is 20.1 Å². The third-order valence-electron chi connectivity index (χ3n) is 4.70. The minimum Gasteiger partial charge on any atom is -0.495 e. The van der Waals surface area contributed by atoms with Gasteiger partial charge in [-0.1, -0.05) is 35.9 Å². The minimum atomic E-state index is -3.89. The van der Waals surface area contributed by atoms with Crippen molar-refractivity contribution in [2.45, 2.75) is 23.6 Å². The Balaban J connectivity index is 1.85. The van der Waals surface area contributed by atoms with Gasteiger partial charge in [0.25, 0.3) is 0 Å². The SMILES string of the molecule is CCOc1ccccc1NC(=O)CNc1cccc(OC)c1S(=O)(=O)c1ccc(C)cc1. The molecule has 3 aromatic carbocycles. The fraction of sp³-hybridized carbons (Fsp3) is 0.208. The normalized spacial score (nSPS) is 11.0. The molecule has 32 heavy (non-hydrogen) atoms. The van der Waals surface area contributed by atoms with E-state index < -0.39 is 9.84 Å². The second-order valence-electron chi connectivity index (χ2n) is 6.98. The molecule has 2 N–H and O–H groups in total. The monoisotopic (exact) mass is 454 g/mol. The molecule has 0 bridgehead atoms. The molecule has 1 amide bonds. The Labute approximate surface area is 188 Å². The van der Waals surface area contributed by atoms with E-state index in [4.69, 9.17) is 9.47 Å². The molecule has 0 atom stereocenters. The Morgan fingerprint density at radius 2 is 1.56 bits per heavy atom. The van der Waals surface area contributed by atoms with E-state index in [1.807, 2.05) is 19.9 Å². The van der Waals surface area contributed by atoms with Gasteiger partial charge in [-0.3, -0.25) is 4.79 Å². The molecule has 0 spiro atoms. The molecule has 0 aliphatic rings. The standard InChI is InChI=1S/C24H26N2O5S/c1-4-31-21-10-6-5-8-19(21)26-23(27)16-25-20-9-7-11-22(30-3)24(20)32(28,29)18-14-12-17(2)13-15-18/h5-15,25H,4,16H2,1-3H3,(H,26,27). The average Bonchev–Trinajstić information content (AvgIpc) is 2.79. The van der Waals surface area contributed by atoms with Crippen LogP contribution in [0.3, 0.4) is 0 Å². The van der Waals surface area contributed by atoms with Gasteiger partial charge in [-0.25, -0.2) is 8.42 Å². The molecule has 0 heterocycles. The van der Waals surface area contributed by atoms with Crippen LogP contribution in [0, 0.1) is 6.92 Å². The highest BCUT2D eigenvalue weighted by Crippen LogP contribution is 2.35. The maximum atomic E-state index is 13.4. The number of rotatable bonds is 9.